The van der Waals surface area contributed by atoms with Crippen molar-refractivity contribution < 1.29 is 44.2 Å². The Morgan fingerprint density at radius 2 is 1.93 bits per heavy atom. The van der Waals surface area contributed by atoms with Crippen molar-refractivity contribution >= 4 is 23.0 Å². The largest absolute Gasteiger partial charge is 0.491 e. The zero-order valence-corrected chi connectivity index (χ0v) is 26.5. The van der Waals surface area contributed by atoms with Crippen molar-refractivity contribution in [2.75, 3.05) is 44.9 Å². The quantitative estimate of drug-likeness (QED) is 0.133. The first-order valence-corrected chi connectivity index (χ1v) is 15.6. The Balaban J connectivity index is 0.000000210. The van der Waals surface area contributed by atoms with Crippen LogP contribution in [0.2, 0.25) is 0 Å². The lowest BCUT2D eigenvalue weighted by atomic mass is 10.1. The lowest BCUT2D eigenvalue weighted by molar-refractivity contribution is -0.143. The number of aryl methyl sites for hydroxylation is 1. The number of nitrogens with zero attached hydrogens (tertiary/aromatic N) is 4. The summed E-state index contributed by atoms with van der Waals surface area (Å²) in [5.74, 6) is 1.12. The van der Waals surface area contributed by atoms with E-state index in [-0.39, 0.29) is 25.2 Å². The molecule has 6 atom stereocenters. The van der Waals surface area contributed by atoms with Crippen molar-refractivity contribution in [2.45, 2.75) is 82.8 Å². The van der Waals surface area contributed by atoms with Gasteiger partial charge in [-0.1, -0.05) is 26.0 Å². The molecule has 1 unspecified atom stereocenters. The molecule has 1 aromatic carbocycles. The Morgan fingerprint density at radius 3 is 2.59 bits per heavy atom. The van der Waals surface area contributed by atoms with Crippen LogP contribution in [-0.2, 0) is 25.4 Å². The lowest BCUT2D eigenvalue weighted by Crippen LogP contribution is -2.35. The van der Waals surface area contributed by atoms with Crippen molar-refractivity contribution in [3.8, 4) is 5.75 Å². The summed E-state index contributed by atoms with van der Waals surface area (Å²) < 4.78 is 22.8. The molecule has 2 saturated heterocycles. The molecule has 0 aliphatic carbocycles. The second-order valence-electron chi connectivity index (χ2n) is 11.5. The van der Waals surface area contributed by atoms with E-state index in [9.17, 15) is 25.2 Å². The Bertz CT molecular complexity index is 1350. The second kappa shape index (κ2) is 17.5. The molecule has 3 aromatic rings. The van der Waals surface area contributed by atoms with E-state index in [1.54, 1.807) is 6.92 Å². The number of hydrogen-bond donors (Lipinski definition) is 6. The van der Waals surface area contributed by atoms with Crippen LogP contribution in [0.15, 0.2) is 36.9 Å². The number of fused-ring (bicyclic) bond motifs is 1. The Kier molecular flexibility index (Phi) is 13.4. The number of carbonyl (C=O) groups is 1. The van der Waals surface area contributed by atoms with Gasteiger partial charge in [-0.25, -0.2) is 15.0 Å². The Morgan fingerprint density at radius 1 is 1.15 bits per heavy atom. The van der Waals surface area contributed by atoms with Gasteiger partial charge in [0.15, 0.2) is 23.2 Å². The Labute approximate surface area is 267 Å². The second-order valence-corrected chi connectivity index (χ2v) is 11.5. The summed E-state index contributed by atoms with van der Waals surface area (Å²) in [6.45, 7) is 7.98. The van der Waals surface area contributed by atoms with Gasteiger partial charge in [0, 0.05) is 25.6 Å². The van der Waals surface area contributed by atoms with Crippen LogP contribution >= 0.6 is 0 Å². The number of aliphatic hydroxyl groups excluding tert-OH is 4. The summed E-state index contributed by atoms with van der Waals surface area (Å²) in [6.07, 6.45) is 0.190. The van der Waals surface area contributed by atoms with E-state index in [0.717, 1.165) is 12.0 Å². The molecule has 5 rings (SSSR count). The highest BCUT2D eigenvalue weighted by Crippen LogP contribution is 2.32. The van der Waals surface area contributed by atoms with E-state index in [2.05, 4.69) is 25.6 Å². The van der Waals surface area contributed by atoms with Gasteiger partial charge in [0.1, 0.15) is 43.1 Å². The van der Waals surface area contributed by atoms with E-state index in [0.29, 0.717) is 68.0 Å². The van der Waals surface area contributed by atoms with Gasteiger partial charge < -0.3 is 50.0 Å². The number of aromatic nitrogens is 4. The highest BCUT2D eigenvalue weighted by Gasteiger charge is 2.44. The number of aliphatic hydroxyl groups is 4. The molecule has 254 valence electrons. The summed E-state index contributed by atoms with van der Waals surface area (Å²) in [6, 6.07) is 8.06. The van der Waals surface area contributed by atoms with Crippen LogP contribution in [0.3, 0.4) is 0 Å². The van der Waals surface area contributed by atoms with E-state index < -0.39 is 30.6 Å². The smallest absolute Gasteiger partial charge is 0.306 e. The number of carbonyl (C=O) groups excluding carboxylic acids is 1. The van der Waals surface area contributed by atoms with Crippen LogP contribution in [-0.4, -0.2) is 122 Å². The molecular weight excluding hydrogens is 600 g/mol. The zero-order valence-electron chi connectivity index (χ0n) is 26.5. The van der Waals surface area contributed by atoms with Crippen LogP contribution < -0.4 is 15.4 Å². The monoisotopic (exact) mass is 646 g/mol. The van der Waals surface area contributed by atoms with E-state index >= 15 is 0 Å². The number of nitrogens with one attached hydrogen (secondary N) is 2. The maximum Gasteiger partial charge on any atom is 0.306 e. The van der Waals surface area contributed by atoms with Crippen molar-refractivity contribution in [3.63, 3.8) is 0 Å². The minimum Gasteiger partial charge on any atom is -0.491 e. The molecule has 6 N–H and O–H groups in total. The first-order valence-electron chi connectivity index (χ1n) is 15.6. The van der Waals surface area contributed by atoms with Gasteiger partial charge >= 0.3 is 5.97 Å². The minimum atomic E-state index is -1.19. The zero-order chi connectivity index (χ0) is 33.1. The minimum absolute atomic E-state index is 0.169. The van der Waals surface area contributed by atoms with Crippen LogP contribution in [0.5, 0.6) is 5.75 Å². The summed E-state index contributed by atoms with van der Waals surface area (Å²) >= 11 is 0. The third-order valence-electron chi connectivity index (χ3n) is 7.47. The molecule has 2 aliphatic rings. The molecule has 2 aromatic heterocycles. The molecule has 2 aliphatic heterocycles. The maximum atomic E-state index is 11.3. The van der Waals surface area contributed by atoms with Gasteiger partial charge in [-0.2, -0.15) is 0 Å². The van der Waals surface area contributed by atoms with Gasteiger partial charge in [0.25, 0.3) is 0 Å². The SMILES string of the molecule is CCOC(=O)CCc1ccc(OCC(O)CNC(C)C)cc1.OC[C@H]1O[C@@H](n2cnc3c(N[C@@H]4CCOC4)ncnc32)[C@H](O)[C@@H]1O. The van der Waals surface area contributed by atoms with Crippen molar-refractivity contribution in [2.24, 2.45) is 0 Å². The fourth-order valence-electron chi connectivity index (χ4n) is 4.95. The molecule has 46 heavy (non-hydrogen) atoms. The number of ether oxygens (including phenoxy) is 4. The number of rotatable bonds is 14. The molecule has 15 heteroatoms. The first kappa shape index (κ1) is 35.4. The topological polar surface area (TPSA) is 203 Å². The predicted molar refractivity (Wildman–Crippen MR) is 167 cm³/mol. The van der Waals surface area contributed by atoms with Gasteiger partial charge in [0.2, 0.25) is 0 Å². The molecule has 0 bridgehead atoms. The van der Waals surface area contributed by atoms with Crippen LogP contribution in [0.25, 0.3) is 11.2 Å². The average molecular weight is 647 g/mol. The van der Waals surface area contributed by atoms with E-state index in [4.69, 9.17) is 18.9 Å². The van der Waals surface area contributed by atoms with Crippen LogP contribution in [0.4, 0.5) is 5.82 Å². The lowest BCUT2D eigenvalue weighted by Gasteiger charge is -2.16. The molecule has 2 fully saturated rings. The third kappa shape index (κ3) is 9.78. The number of hydrogen-bond acceptors (Lipinski definition) is 14. The maximum absolute atomic E-state index is 11.3. The van der Waals surface area contributed by atoms with Gasteiger partial charge in [0.05, 0.1) is 32.2 Å². The third-order valence-corrected chi connectivity index (χ3v) is 7.47. The molecule has 0 spiro atoms. The molecule has 4 heterocycles. The molecule has 0 radical (unpaired) electrons. The number of benzene rings is 1. The number of esters is 1. The number of anilines is 1. The molecular formula is C31H46N6O9. The van der Waals surface area contributed by atoms with E-state index in [1.807, 2.05) is 38.1 Å². The first-order chi connectivity index (χ1) is 22.2. The van der Waals surface area contributed by atoms with Crippen LogP contribution in [0, 0.1) is 0 Å². The van der Waals surface area contributed by atoms with Gasteiger partial charge in [-0.05, 0) is 37.5 Å². The molecule has 0 saturated carbocycles. The highest BCUT2D eigenvalue weighted by molar-refractivity contribution is 5.82. The molecule has 15 nitrogen and oxygen atoms in total. The van der Waals surface area contributed by atoms with Crippen LogP contribution in [0.1, 0.15) is 45.4 Å². The standard InChI is InChI=1S/C17H27NO4.C14H19N5O5/c1-4-21-17(20)10-7-14-5-8-16(9-6-14)22-12-15(19)11-18-13(2)3;20-3-8-10(21)11(22)14(24-8)19-6-17-9-12(15-5-16-13(9)19)18-7-1-2-23-4-7/h5-6,8-9,13,15,18-19H,4,7,10-12H2,1-3H3;5-8,10-11,14,20-22H,1-4H2,(H,15,16,18)/t;7-,8-,10-,11-,14-/m.1/s1. The fourth-order valence-corrected chi connectivity index (χ4v) is 4.95. The highest BCUT2D eigenvalue weighted by atomic mass is 16.6. The fraction of sp³-hybridized carbons (Fsp3) is 0.613. The summed E-state index contributed by atoms with van der Waals surface area (Å²) in [7, 11) is 0. The summed E-state index contributed by atoms with van der Waals surface area (Å²) in [5, 5.41) is 45.5. The summed E-state index contributed by atoms with van der Waals surface area (Å²) in [4.78, 5) is 24.0. The van der Waals surface area contributed by atoms with Gasteiger partial charge in [-0.3, -0.25) is 9.36 Å². The van der Waals surface area contributed by atoms with Gasteiger partial charge in [-0.15, -0.1) is 0 Å². The predicted octanol–water partition coefficient (Wildman–Crippen LogP) is 0.559. The normalized spacial score (nSPS) is 23.3. The van der Waals surface area contributed by atoms with Crippen molar-refractivity contribution in [1.29, 1.82) is 0 Å². The summed E-state index contributed by atoms with van der Waals surface area (Å²) in [5.41, 5.74) is 2.07. The molecule has 0 amide bonds. The van der Waals surface area contributed by atoms with Crippen molar-refractivity contribution in [3.05, 3.63) is 42.5 Å². The average Bonchev–Trinajstić information content (AvgIpc) is 3.79. The Hall–Kier alpha value is -3.44. The van der Waals surface area contributed by atoms with E-state index in [1.165, 1.54) is 17.2 Å². The van der Waals surface area contributed by atoms with Crippen molar-refractivity contribution in [1.82, 2.24) is 24.8 Å². The number of imidazole rings is 1.